The SMILES string of the molecule is COc1ccc([C@H](O)CNc2cc[nH]c(=O)c2-c2nc3c(C)cc(N4CCOC(CO)C4)cc3[nH]2)cc1Br. The number of aromatic nitrogens is 3. The predicted molar refractivity (Wildman–Crippen MR) is 150 cm³/mol. The van der Waals surface area contributed by atoms with Gasteiger partial charge in [0.15, 0.2) is 0 Å². The number of benzene rings is 2. The highest BCUT2D eigenvalue weighted by molar-refractivity contribution is 9.10. The number of nitrogens with zero attached hydrogens (tertiary/aromatic N) is 2. The number of morpholine rings is 1. The van der Waals surface area contributed by atoms with Gasteiger partial charge in [0.05, 0.1) is 53.7 Å². The van der Waals surface area contributed by atoms with Gasteiger partial charge in [0.1, 0.15) is 17.1 Å². The lowest BCUT2D eigenvalue weighted by atomic mass is 10.1. The van der Waals surface area contributed by atoms with Crippen LogP contribution in [0.5, 0.6) is 5.75 Å². The molecule has 1 fully saturated rings. The first kappa shape index (κ1) is 26.2. The molecule has 4 aromatic rings. The Hall–Kier alpha value is -3.38. The van der Waals surface area contributed by atoms with Gasteiger partial charge in [0.25, 0.3) is 5.56 Å². The maximum atomic E-state index is 12.9. The normalized spacial score (nSPS) is 16.6. The Morgan fingerprint density at radius 3 is 2.92 bits per heavy atom. The minimum absolute atomic E-state index is 0.0249. The number of pyridine rings is 1. The van der Waals surface area contributed by atoms with Gasteiger partial charge in [-0.15, -0.1) is 0 Å². The van der Waals surface area contributed by atoms with Crippen molar-refractivity contribution < 1.29 is 19.7 Å². The van der Waals surface area contributed by atoms with Gasteiger partial charge in [0, 0.05) is 31.5 Å². The molecular weight excluding hydrogens is 554 g/mol. The van der Waals surface area contributed by atoms with Crippen molar-refractivity contribution in [2.45, 2.75) is 19.1 Å². The van der Waals surface area contributed by atoms with Gasteiger partial charge in [-0.05, 0) is 64.3 Å². The molecule has 1 saturated heterocycles. The fourth-order valence-electron chi connectivity index (χ4n) is 4.71. The number of ether oxygens (including phenoxy) is 2. The molecule has 0 saturated carbocycles. The number of hydrogen-bond acceptors (Lipinski definition) is 8. The molecule has 2 aromatic carbocycles. The summed E-state index contributed by atoms with van der Waals surface area (Å²) >= 11 is 3.45. The number of aromatic amines is 2. The van der Waals surface area contributed by atoms with Gasteiger partial charge in [-0.1, -0.05) is 6.07 Å². The average Bonchev–Trinajstić information content (AvgIpc) is 3.36. The fourth-order valence-corrected chi connectivity index (χ4v) is 5.27. The van der Waals surface area contributed by atoms with Crippen LogP contribution in [0.15, 0.2) is 51.9 Å². The summed E-state index contributed by atoms with van der Waals surface area (Å²) in [4.78, 5) is 25.9. The number of imidazole rings is 1. The van der Waals surface area contributed by atoms with Crippen molar-refractivity contribution in [3.8, 4) is 17.1 Å². The number of aliphatic hydroxyl groups is 2. The summed E-state index contributed by atoms with van der Waals surface area (Å²) in [5, 5.41) is 23.5. The number of aryl methyl sites for hydroxylation is 1. The van der Waals surface area contributed by atoms with Gasteiger partial charge in [-0.3, -0.25) is 4.79 Å². The second-order valence-corrected chi connectivity index (χ2v) is 10.1. The van der Waals surface area contributed by atoms with E-state index in [1.807, 2.05) is 13.0 Å². The fraction of sp³-hybridized carbons (Fsp3) is 0.333. The molecule has 0 radical (unpaired) electrons. The van der Waals surface area contributed by atoms with Crippen LogP contribution >= 0.6 is 15.9 Å². The molecule has 2 atom stereocenters. The molecule has 5 N–H and O–H groups in total. The van der Waals surface area contributed by atoms with Crippen molar-refractivity contribution in [2.24, 2.45) is 0 Å². The van der Waals surface area contributed by atoms with Crippen LogP contribution < -0.4 is 20.5 Å². The summed E-state index contributed by atoms with van der Waals surface area (Å²) in [7, 11) is 1.59. The summed E-state index contributed by atoms with van der Waals surface area (Å²) in [6, 6.07) is 11.2. The molecule has 200 valence electrons. The average molecular weight is 584 g/mol. The molecular formula is C27H30BrN5O5. The Morgan fingerprint density at radius 2 is 2.16 bits per heavy atom. The Balaban J connectivity index is 1.42. The first-order chi connectivity index (χ1) is 18.4. The molecule has 3 heterocycles. The van der Waals surface area contributed by atoms with Crippen LogP contribution in [0.2, 0.25) is 0 Å². The second-order valence-electron chi connectivity index (χ2n) is 9.25. The monoisotopic (exact) mass is 583 g/mol. The van der Waals surface area contributed by atoms with Crippen molar-refractivity contribution in [3.63, 3.8) is 0 Å². The van der Waals surface area contributed by atoms with Gasteiger partial charge < -0.3 is 39.9 Å². The van der Waals surface area contributed by atoms with E-state index in [0.717, 1.165) is 33.3 Å². The number of hydrogen-bond donors (Lipinski definition) is 5. The number of H-pyrrole nitrogens is 2. The number of anilines is 2. The number of aliphatic hydroxyl groups excluding tert-OH is 2. The van der Waals surface area contributed by atoms with E-state index in [4.69, 9.17) is 14.5 Å². The Morgan fingerprint density at radius 1 is 1.32 bits per heavy atom. The molecule has 1 aliphatic rings. The highest BCUT2D eigenvalue weighted by Crippen LogP contribution is 2.31. The van der Waals surface area contributed by atoms with E-state index in [1.54, 1.807) is 37.6 Å². The van der Waals surface area contributed by atoms with Crippen molar-refractivity contribution in [1.82, 2.24) is 15.0 Å². The quantitative estimate of drug-likeness (QED) is 0.213. The minimum atomic E-state index is -0.818. The Kier molecular flexibility index (Phi) is 7.70. The molecule has 38 heavy (non-hydrogen) atoms. The lowest BCUT2D eigenvalue weighted by molar-refractivity contribution is 0.00357. The maximum Gasteiger partial charge on any atom is 0.261 e. The molecule has 11 heteroatoms. The molecule has 10 nitrogen and oxygen atoms in total. The summed E-state index contributed by atoms with van der Waals surface area (Å²) in [6.07, 6.45) is 0.524. The summed E-state index contributed by atoms with van der Waals surface area (Å²) in [6.45, 7) is 4.01. The van der Waals surface area contributed by atoms with E-state index >= 15 is 0 Å². The number of nitrogens with one attached hydrogen (secondary N) is 3. The topological polar surface area (TPSA) is 136 Å². The van der Waals surface area contributed by atoms with Crippen molar-refractivity contribution in [1.29, 1.82) is 0 Å². The third-order valence-electron chi connectivity index (χ3n) is 6.71. The van der Waals surface area contributed by atoms with E-state index in [0.29, 0.717) is 41.5 Å². The van der Waals surface area contributed by atoms with Crippen molar-refractivity contribution in [2.75, 3.05) is 50.2 Å². The zero-order valence-electron chi connectivity index (χ0n) is 21.1. The highest BCUT2D eigenvalue weighted by atomic mass is 79.9. The van der Waals surface area contributed by atoms with Crippen molar-refractivity contribution >= 4 is 38.3 Å². The molecule has 0 bridgehead atoms. The van der Waals surface area contributed by atoms with E-state index in [2.05, 4.69) is 42.2 Å². The summed E-state index contributed by atoms with van der Waals surface area (Å²) < 4.78 is 11.6. The number of rotatable bonds is 8. The first-order valence-corrected chi connectivity index (χ1v) is 13.1. The zero-order chi connectivity index (χ0) is 26.8. The lowest BCUT2D eigenvalue weighted by Crippen LogP contribution is -2.44. The lowest BCUT2D eigenvalue weighted by Gasteiger charge is -2.33. The smallest absolute Gasteiger partial charge is 0.261 e. The van der Waals surface area contributed by atoms with Crippen molar-refractivity contribution in [3.05, 3.63) is 68.5 Å². The molecule has 1 aliphatic heterocycles. The van der Waals surface area contributed by atoms with Crippen LogP contribution in [0.3, 0.4) is 0 Å². The molecule has 0 amide bonds. The Bertz CT molecular complexity index is 1500. The van der Waals surface area contributed by atoms with Gasteiger partial charge in [-0.25, -0.2) is 4.98 Å². The van der Waals surface area contributed by atoms with E-state index in [9.17, 15) is 15.0 Å². The van der Waals surface area contributed by atoms with Gasteiger partial charge in [-0.2, -0.15) is 0 Å². The van der Waals surface area contributed by atoms with Gasteiger partial charge in [0.2, 0.25) is 0 Å². The summed E-state index contributed by atoms with van der Waals surface area (Å²) in [5.74, 6) is 1.11. The third-order valence-corrected chi connectivity index (χ3v) is 7.33. The van der Waals surface area contributed by atoms with E-state index in [1.165, 1.54) is 0 Å². The third kappa shape index (κ3) is 5.28. The molecule has 0 aliphatic carbocycles. The van der Waals surface area contributed by atoms with Crippen LogP contribution in [-0.2, 0) is 4.74 Å². The van der Waals surface area contributed by atoms with E-state index in [-0.39, 0.29) is 24.8 Å². The minimum Gasteiger partial charge on any atom is -0.496 e. The van der Waals surface area contributed by atoms with Crippen LogP contribution in [-0.4, -0.2) is 71.2 Å². The largest absolute Gasteiger partial charge is 0.496 e. The Labute approximate surface area is 227 Å². The molecule has 1 unspecified atom stereocenters. The maximum absolute atomic E-state index is 12.9. The van der Waals surface area contributed by atoms with Gasteiger partial charge >= 0.3 is 0 Å². The molecule has 0 spiro atoms. The van der Waals surface area contributed by atoms with E-state index < -0.39 is 6.10 Å². The summed E-state index contributed by atoms with van der Waals surface area (Å²) in [5.41, 5.74) is 4.86. The highest BCUT2D eigenvalue weighted by Gasteiger charge is 2.22. The molecule has 2 aromatic heterocycles. The molecule has 5 rings (SSSR count). The van der Waals surface area contributed by atoms with Crippen LogP contribution in [0.4, 0.5) is 11.4 Å². The number of methoxy groups -OCH3 is 1. The zero-order valence-corrected chi connectivity index (χ0v) is 22.7. The van der Waals surface area contributed by atoms with Crippen LogP contribution in [0, 0.1) is 6.92 Å². The standard InChI is InChI=1S/C27H30BrN5O5/c1-15-9-17(33-7-8-38-18(13-33)14-34)11-21-25(15)32-26(31-21)24-20(5-6-29-27(24)36)30-12-22(35)16-3-4-23(37-2)19(28)10-16/h3-6,9-11,18,22,34-35H,7-8,12-14H2,1-2H3,(H,31,32)(H2,29,30,36)/t18?,22-/m1/s1. The van der Waals surface area contributed by atoms with Crippen LogP contribution in [0.1, 0.15) is 17.2 Å². The second kappa shape index (κ2) is 11.2. The predicted octanol–water partition coefficient (Wildman–Crippen LogP) is 3.34. The van der Waals surface area contributed by atoms with Crippen LogP contribution in [0.25, 0.3) is 22.4 Å². The number of halogens is 1. The first-order valence-electron chi connectivity index (χ1n) is 12.3. The number of fused-ring (bicyclic) bond motifs is 1.